The van der Waals surface area contributed by atoms with Crippen LogP contribution in [0, 0.1) is 13.8 Å². The van der Waals surface area contributed by atoms with Gasteiger partial charge in [-0.05, 0) is 64.8 Å². The molecule has 0 aliphatic carbocycles. The van der Waals surface area contributed by atoms with E-state index < -0.39 is 23.8 Å². The van der Waals surface area contributed by atoms with E-state index in [0.29, 0.717) is 23.4 Å². The fourth-order valence-electron chi connectivity index (χ4n) is 3.25. The van der Waals surface area contributed by atoms with Gasteiger partial charge in [-0.1, -0.05) is 12.1 Å². The predicted molar refractivity (Wildman–Crippen MR) is 122 cm³/mol. The zero-order chi connectivity index (χ0) is 24.7. The Hall–Kier alpha value is -3.62. The third-order valence-corrected chi connectivity index (χ3v) is 4.88. The minimum Gasteiger partial charge on any atom is -0.462 e. The van der Waals surface area contributed by atoms with Crippen LogP contribution in [0.1, 0.15) is 75.7 Å². The smallest absolute Gasteiger partial charge is 0.340 e. The standard InChI is InChI=1S/C24H31N3O6/c1-7-32-23(30)19-14(4)20(27-15(19)5)21(28)16(6)33-22(29)18-10-8-17(9-11-18)12-25-24(31)26-13(2)3/h8-11,13,16,27H,7,12H2,1-6H3,(H2,25,26,31). The Morgan fingerprint density at radius 1 is 1.00 bits per heavy atom. The number of esters is 2. The number of carbonyl (C=O) groups excluding carboxylic acids is 4. The van der Waals surface area contributed by atoms with Crippen LogP contribution in [-0.4, -0.2) is 47.5 Å². The number of aryl methyl sites for hydroxylation is 1. The molecule has 1 heterocycles. The van der Waals surface area contributed by atoms with Crippen molar-refractivity contribution in [2.45, 2.75) is 60.2 Å². The van der Waals surface area contributed by atoms with Gasteiger partial charge in [-0.3, -0.25) is 4.79 Å². The lowest BCUT2D eigenvalue weighted by Gasteiger charge is -2.13. The van der Waals surface area contributed by atoms with E-state index in [0.717, 1.165) is 5.56 Å². The number of Topliss-reactive ketones (excluding diaryl/α,β-unsaturated/α-hetero) is 1. The normalized spacial score (nSPS) is 11.6. The van der Waals surface area contributed by atoms with Gasteiger partial charge >= 0.3 is 18.0 Å². The highest BCUT2D eigenvalue weighted by atomic mass is 16.5. The molecule has 1 atom stereocenters. The predicted octanol–water partition coefficient (Wildman–Crippen LogP) is 3.44. The number of aromatic amines is 1. The van der Waals surface area contributed by atoms with Crippen molar-refractivity contribution < 1.29 is 28.7 Å². The Morgan fingerprint density at radius 2 is 1.64 bits per heavy atom. The van der Waals surface area contributed by atoms with Crippen molar-refractivity contribution in [3.8, 4) is 0 Å². The summed E-state index contributed by atoms with van der Waals surface area (Å²) >= 11 is 0. The summed E-state index contributed by atoms with van der Waals surface area (Å²) < 4.78 is 10.4. The van der Waals surface area contributed by atoms with E-state index in [1.165, 1.54) is 6.92 Å². The van der Waals surface area contributed by atoms with Gasteiger partial charge in [0.2, 0.25) is 5.78 Å². The molecule has 0 aliphatic heterocycles. The molecule has 0 radical (unpaired) electrons. The average molecular weight is 458 g/mol. The molecule has 33 heavy (non-hydrogen) atoms. The third kappa shape index (κ3) is 6.68. The molecule has 9 nitrogen and oxygen atoms in total. The zero-order valence-corrected chi connectivity index (χ0v) is 19.8. The molecule has 0 saturated heterocycles. The minimum atomic E-state index is -1.06. The second-order valence-electron chi connectivity index (χ2n) is 7.94. The molecule has 0 bridgehead atoms. The van der Waals surface area contributed by atoms with Crippen LogP contribution in [0.25, 0.3) is 0 Å². The molecule has 2 amide bonds. The molecule has 1 unspecified atom stereocenters. The minimum absolute atomic E-state index is 0.0299. The Kier molecular flexibility index (Phi) is 8.78. The summed E-state index contributed by atoms with van der Waals surface area (Å²) in [6.07, 6.45) is -1.06. The Morgan fingerprint density at radius 3 is 2.21 bits per heavy atom. The van der Waals surface area contributed by atoms with Crippen molar-refractivity contribution in [2.75, 3.05) is 6.61 Å². The van der Waals surface area contributed by atoms with Crippen molar-refractivity contribution in [1.82, 2.24) is 15.6 Å². The van der Waals surface area contributed by atoms with Gasteiger partial charge in [-0.15, -0.1) is 0 Å². The highest BCUT2D eigenvalue weighted by Crippen LogP contribution is 2.21. The topological polar surface area (TPSA) is 127 Å². The number of ether oxygens (including phenoxy) is 2. The van der Waals surface area contributed by atoms with Gasteiger partial charge in [0.1, 0.15) is 0 Å². The molecule has 0 saturated carbocycles. The number of rotatable bonds is 9. The van der Waals surface area contributed by atoms with E-state index >= 15 is 0 Å². The van der Waals surface area contributed by atoms with E-state index in [1.807, 2.05) is 13.8 Å². The Balaban J connectivity index is 2.01. The van der Waals surface area contributed by atoms with Gasteiger partial charge < -0.3 is 25.1 Å². The number of aromatic nitrogens is 1. The number of benzene rings is 1. The van der Waals surface area contributed by atoms with Gasteiger partial charge in [-0.2, -0.15) is 0 Å². The second kappa shape index (κ2) is 11.3. The zero-order valence-electron chi connectivity index (χ0n) is 19.8. The summed E-state index contributed by atoms with van der Waals surface area (Å²) in [5.41, 5.74) is 2.56. The lowest BCUT2D eigenvalue weighted by molar-refractivity contribution is 0.0316. The van der Waals surface area contributed by atoms with Crippen molar-refractivity contribution in [1.29, 1.82) is 0 Å². The third-order valence-electron chi connectivity index (χ3n) is 4.88. The largest absolute Gasteiger partial charge is 0.462 e. The molecule has 0 fully saturated rings. The first kappa shape index (κ1) is 25.6. The SMILES string of the molecule is CCOC(=O)c1c(C)[nH]c(C(=O)C(C)OC(=O)c2ccc(CNC(=O)NC(C)C)cc2)c1C. The van der Waals surface area contributed by atoms with Gasteiger partial charge in [0.15, 0.2) is 6.10 Å². The van der Waals surface area contributed by atoms with Crippen molar-refractivity contribution in [3.05, 3.63) is 57.9 Å². The highest BCUT2D eigenvalue weighted by molar-refractivity contribution is 6.04. The fraction of sp³-hybridized carbons (Fsp3) is 0.417. The maximum absolute atomic E-state index is 12.9. The van der Waals surface area contributed by atoms with E-state index in [9.17, 15) is 19.2 Å². The summed E-state index contributed by atoms with van der Waals surface area (Å²) in [6.45, 7) is 10.8. The lowest BCUT2D eigenvalue weighted by atomic mass is 10.1. The lowest BCUT2D eigenvalue weighted by Crippen LogP contribution is -2.39. The van der Waals surface area contributed by atoms with Gasteiger partial charge in [-0.25, -0.2) is 14.4 Å². The van der Waals surface area contributed by atoms with Crippen LogP contribution in [0.15, 0.2) is 24.3 Å². The Labute approximate surface area is 193 Å². The quantitative estimate of drug-likeness (QED) is 0.391. The number of hydrogen-bond acceptors (Lipinski definition) is 6. The molecule has 2 aromatic rings. The average Bonchev–Trinajstić information content (AvgIpc) is 3.05. The van der Waals surface area contributed by atoms with Crippen molar-refractivity contribution in [2.24, 2.45) is 0 Å². The molecule has 9 heteroatoms. The molecule has 0 aliphatic rings. The number of urea groups is 1. The second-order valence-corrected chi connectivity index (χ2v) is 7.94. The Bertz CT molecular complexity index is 1020. The van der Waals surface area contributed by atoms with Crippen LogP contribution in [0.3, 0.4) is 0 Å². The van der Waals surface area contributed by atoms with E-state index in [1.54, 1.807) is 45.0 Å². The number of nitrogens with one attached hydrogen (secondary N) is 3. The van der Waals surface area contributed by atoms with E-state index in [2.05, 4.69) is 15.6 Å². The number of hydrogen-bond donors (Lipinski definition) is 3. The highest BCUT2D eigenvalue weighted by Gasteiger charge is 2.27. The van der Waals surface area contributed by atoms with Crippen LogP contribution in [0.5, 0.6) is 0 Å². The number of amides is 2. The van der Waals surface area contributed by atoms with E-state index in [-0.39, 0.29) is 29.9 Å². The molecule has 1 aromatic carbocycles. The van der Waals surface area contributed by atoms with Crippen LogP contribution in [-0.2, 0) is 16.0 Å². The molecular formula is C24H31N3O6. The first-order valence-corrected chi connectivity index (χ1v) is 10.8. The van der Waals surface area contributed by atoms with Gasteiger partial charge in [0, 0.05) is 18.3 Å². The van der Waals surface area contributed by atoms with Crippen molar-refractivity contribution >= 4 is 23.8 Å². The molecular weight excluding hydrogens is 426 g/mol. The summed E-state index contributed by atoms with van der Waals surface area (Å²) in [6, 6.07) is 6.29. The summed E-state index contributed by atoms with van der Waals surface area (Å²) in [5.74, 6) is -1.61. The molecule has 2 rings (SSSR count). The number of H-pyrrole nitrogens is 1. The maximum Gasteiger partial charge on any atom is 0.340 e. The van der Waals surface area contributed by atoms with Crippen molar-refractivity contribution in [3.63, 3.8) is 0 Å². The molecule has 0 spiro atoms. The summed E-state index contributed by atoms with van der Waals surface area (Å²) in [4.78, 5) is 52.1. The number of ketones is 1. The summed E-state index contributed by atoms with van der Waals surface area (Å²) in [7, 11) is 0. The van der Waals surface area contributed by atoms with Crippen LogP contribution in [0.2, 0.25) is 0 Å². The fourth-order valence-corrected chi connectivity index (χ4v) is 3.25. The molecule has 178 valence electrons. The summed E-state index contributed by atoms with van der Waals surface area (Å²) in [5, 5.41) is 5.45. The van der Waals surface area contributed by atoms with Crippen LogP contribution in [0.4, 0.5) is 4.79 Å². The first-order chi connectivity index (χ1) is 15.5. The monoisotopic (exact) mass is 457 g/mol. The first-order valence-electron chi connectivity index (χ1n) is 10.8. The van der Waals surface area contributed by atoms with E-state index in [4.69, 9.17) is 9.47 Å². The molecule has 1 aromatic heterocycles. The number of carbonyl (C=O) groups is 4. The van der Waals surface area contributed by atoms with Crippen LogP contribution >= 0.6 is 0 Å². The van der Waals surface area contributed by atoms with Gasteiger partial charge in [0.25, 0.3) is 0 Å². The van der Waals surface area contributed by atoms with Gasteiger partial charge in [0.05, 0.1) is 23.4 Å². The molecule has 3 N–H and O–H groups in total. The maximum atomic E-state index is 12.9. The van der Waals surface area contributed by atoms with Crippen LogP contribution < -0.4 is 10.6 Å².